The molecular formula is C11H9ClF4O3. The zero-order valence-corrected chi connectivity index (χ0v) is 10.6. The first-order valence-electron chi connectivity index (χ1n) is 5.14. The molecule has 1 aliphatic rings. The second-order valence-corrected chi connectivity index (χ2v) is 4.98. The van der Waals surface area contributed by atoms with Gasteiger partial charge in [0.2, 0.25) is 0 Å². The third kappa shape index (κ3) is 2.32. The Balaban J connectivity index is 2.55. The van der Waals surface area contributed by atoms with Gasteiger partial charge in [0.15, 0.2) is 11.5 Å². The topological polar surface area (TPSA) is 38.7 Å². The minimum Gasteiger partial charge on any atom is -0.421 e. The van der Waals surface area contributed by atoms with Gasteiger partial charge in [-0.1, -0.05) is 11.6 Å². The highest BCUT2D eigenvalue weighted by atomic mass is 35.5. The van der Waals surface area contributed by atoms with Crippen LogP contribution in [0, 0.1) is 0 Å². The Bertz CT molecular complexity index is 525. The van der Waals surface area contributed by atoms with E-state index in [1.54, 1.807) is 0 Å². The van der Waals surface area contributed by atoms with Crippen LogP contribution in [-0.4, -0.2) is 17.3 Å². The Morgan fingerprint density at radius 2 is 1.47 bits per heavy atom. The molecule has 0 atom stereocenters. The fourth-order valence-corrected chi connectivity index (χ4v) is 1.94. The van der Waals surface area contributed by atoms with Crippen LogP contribution in [0.1, 0.15) is 19.4 Å². The number of ether oxygens (including phenoxy) is 2. The van der Waals surface area contributed by atoms with Crippen molar-refractivity contribution in [3.8, 4) is 11.5 Å². The van der Waals surface area contributed by atoms with Gasteiger partial charge in [0.1, 0.15) is 0 Å². The van der Waals surface area contributed by atoms with Gasteiger partial charge in [-0.2, -0.15) is 17.6 Å². The van der Waals surface area contributed by atoms with E-state index in [1.807, 2.05) is 0 Å². The summed E-state index contributed by atoms with van der Waals surface area (Å²) in [6, 6.07) is 1.84. The van der Waals surface area contributed by atoms with Crippen molar-refractivity contribution in [2.24, 2.45) is 0 Å². The van der Waals surface area contributed by atoms with E-state index >= 15 is 0 Å². The lowest BCUT2D eigenvalue weighted by atomic mass is 9.98. The van der Waals surface area contributed by atoms with E-state index in [1.165, 1.54) is 13.8 Å². The van der Waals surface area contributed by atoms with Crippen LogP contribution >= 0.6 is 11.6 Å². The molecule has 2 rings (SSSR count). The van der Waals surface area contributed by atoms with Crippen molar-refractivity contribution in [1.82, 2.24) is 0 Å². The summed E-state index contributed by atoms with van der Waals surface area (Å²) in [6.45, 7) is 2.72. The second-order valence-electron chi connectivity index (χ2n) is 4.58. The second kappa shape index (κ2) is 3.89. The van der Waals surface area contributed by atoms with Gasteiger partial charge in [0, 0.05) is 11.6 Å². The summed E-state index contributed by atoms with van der Waals surface area (Å²) < 4.78 is 59.7. The maximum absolute atomic E-state index is 13.0. The lowest BCUT2D eigenvalue weighted by molar-refractivity contribution is -0.391. The van der Waals surface area contributed by atoms with Crippen molar-refractivity contribution in [1.29, 1.82) is 0 Å². The van der Waals surface area contributed by atoms with Crippen LogP contribution in [0.25, 0.3) is 0 Å². The molecule has 0 radical (unpaired) electrons. The molecule has 0 fully saturated rings. The van der Waals surface area contributed by atoms with Crippen molar-refractivity contribution in [3.05, 3.63) is 22.7 Å². The van der Waals surface area contributed by atoms with Crippen LogP contribution in [0.15, 0.2) is 12.1 Å². The smallest absolute Gasteiger partial charge is 0.421 e. The molecule has 0 aliphatic carbocycles. The van der Waals surface area contributed by atoms with Crippen LogP contribution in [-0.2, 0) is 5.60 Å². The Hall–Kier alpha value is -1.21. The van der Waals surface area contributed by atoms with E-state index in [2.05, 4.69) is 9.47 Å². The van der Waals surface area contributed by atoms with E-state index in [-0.39, 0.29) is 10.6 Å². The number of hydrogen-bond donors (Lipinski definition) is 1. The van der Waals surface area contributed by atoms with Crippen LogP contribution in [0.4, 0.5) is 17.6 Å². The summed E-state index contributed by atoms with van der Waals surface area (Å²) in [4.78, 5) is 0. The molecule has 0 spiro atoms. The third-order valence-corrected chi connectivity index (χ3v) is 2.82. The number of alkyl halides is 4. The molecule has 0 bridgehead atoms. The monoisotopic (exact) mass is 300 g/mol. The minimum atomic E-state index is -4.80. The molecule has 1 N–H and O–H groups in total. The van der Waals surface area contributed by atoms with Gasteiger partial charge in [0.25, 0.3) is 0 Å². The molecule has 0 unspecified atom stereocenters. The summed E-state index contributed by atoms with van der Waals surface area (Å²) in [5.41, 5.74) is -1.40. The number of benzene rings is 1. The third-order valence-electron chi connectivity index (χ3n) is 2.51. The molecule has 8 heteroatoms. The number of halogens is 5. The molecule has 1 heterocycles. The van der Waals surface area contributed by atoms with Gasteiger partial charge in [-0.25, -0.2) is 0 Å². The van der Waals surface area contributed by atoms with Gasteiger partial charge in [0.05, 0.1) is 10.6 Å². The minimum absolute atomic E-state index is 0.0533. The highest BCUT2D eigenvalue weighted by molar-refractivity contribution is 6.31. The Morgan fingerprint density at radius 1 is 1.05 bits per heavy atom. The predicted molar refractivity (Wildman–Crippen MR) is 57.8 cm³/mol. The number of rotatable bonds is 1. The van der Waals surface area contributed by atoms with E-state index in [0.717, 1.165) is 12.1 Å². The molecule has 106 valence electrons. The van der Waals surface area contributed by atoms with Crippen LogP contribution in [0.3, 0.4) is 0 Å². The number of fused-ring (bicyclic) bond motifs is 1. The number of aliphatic hydroxyl groups is 1. The van der Waals surface area contributed by atoms with E-state index in [9.17, 15) is 22.7 Å². The molecule has 0 amide bonds. The Kier molecular flexibility index (Phi) is 2.91. The zero-order valence-electron chi connectivity index (χ0n) is 9.81. The van der Waals surface area contributed by atoms with Gasteiger partial charge in [-0.05, 0) is 19.9 Å². The lowest BCUT2D eigenvalue weighted by Gasteiger charge is -2.33. The van der Waals surface area contributed by atoms with Gasteiger partial charge in [-0.3, -0.25) is 0 Å². The summed E-state index contributed by atoms with van der Waals surface area (Å²) in [5, 5.41) is 9.69. The first-order chi connectivity index (χ1) is 8.44. The fourth-order valence-electron chi connectivity index (χ4n) is 1.56. The predicted octanol–water partition coefficient (Wildman–Crippen LogP) is 3.52. The van der Waals surface area contributed by atoms with Crippen molar-refractivity contribution in [2.75, 3.05) is 0 Å². The summed E-state index contributed by atoms with van der Waals surface area (Å²) >= 11 is 5.78. The van der Waals surface area contributed by atoms with E-state index < -0.39 is 29.3 Å². The largest absolute Gasteiger partial charge is 0.507 e. The van der Waals surface area contributed by atoms with Gasteiger partial charge < -0.3 is 14.6 Å². The van der Waals surface area contributed by atoms with Gasteiger partial charge >= 0.3 is 12.2 Å². The Labute approximate surface area is 110 Å². The molecule has 19 heavy (non-hydrogen) atoms. The average molecular weight is 301 g/mol. The molecular weight excluding hydrogens is 292 g/mol. The fraction of sp³-hybridized carbons (Fsp3) is 0.455. The zero-order chi connectivity index (χ0) is 14.6. The van der Waals surface area contributed by atoms with Crippen molar-refractivity contribution in [2.45, 2.75) is 31.7 Å². The highest BCUT2D eigenvalue weighted by Gasteiger charge is 2.66. The molecule has 1 aromatic rings. The molecule has 0 saturated carbocycles. The first kappa shape index (κ1) is 14.2. The summed E-state index contributed by atoms with van der Waals surface area (Å²) in [7, 11) is 0. The standard InChI is InChI=1S/C11H9ClF4O3/c1-9(2,17)5-3-7-8(4-6(5)12)19-11(15,16)10(13,14)18-7/h3-4,17H,1-2H3. The SMILES string of the molecule is CC(C)(O)c1cc2c(cc1Cl)OC(F)(F)C(F)(F)O2. The summed E-state index contributed by atoms with van der Waals surface area (Å²) in [5.74, 6) is -1.23. The molecule has 1 aliphatic heterocycles. The molecule has 0 aromatic heterocycles. The van der Waals surface area contributed by atoms with E-state index in [4.69, 9.17) is 11.6 Å². The summed E-state index contributed by atoms with van der Waals surface area (Å²) in [6.07, 6.45) is -9.59. The van der Waals surface area contributed by atoms with E-state index in [0.29, 0.717) is 0 Å². The van der Waals surface area contributed by atoms with Crippen LogP contribution in [0.5, 0.6) is 11.5 Å². The van der Waals surface area contributed by atoms with Gasteiger partial charge in [-0.15, -0.1) is 0 Å². The maximum atomic E-state index is 13.0. The Morgan fingerprint density at radius 3 is 1.89 bits per heavy atom. The van der Waals surface area contributed by atoms with Crippen molar-refractivity contribution >= 4 is 11.6 Å². The first-order valence-corrected chi connectivity index (χ1v) is 5.52. The normalized spacial score (nSPS) is 20.2. The molecule has 3 nitrogen and oxygen atoms in total. The average Bonchev–Trinajstić information content (AvgIpc) is 2.17. The van der Waals surface area contributed by atoms with Crippen LogP contribution in [0.2, 0.25) is 5.02 Å². The van der Waals surface area contributed by atoms with Crippen molar-refractivity contribution < 1.29 is 32.1 Å². The molecule has 1 aromatic carbocycles. The lowest BCUT2D eigenvalue weighted by Crippen LogP contribution is -2.52. The highest BCUT2D eigenvalue weighted by Crippen LogP contribution is 2.49. The maximum Gasteiger partial charge on any atom is 0.507 e. The number of hydrogen-bond acceptors (Lipinski definition) is 3. The van der Waals surface area contributed by atoms with Crippen LogP contribution < -0.4 is 9.47 Å². The molecule has 0 saturated heterocycles. The quantitative estimate of drug-likeness (QED) is 0.807. The van der Waals surface area contributed by atoms with Crippen molar-refractivity contribution in [3.63, 3.8) is 0 Å².